The Balaban J connectivity index is 3.12. The van der Waals surface area contributed by atoms with Crippen LogP contribution in [0, 0.1) is 13.8 Å². The van der Waals surface area contributed by atoms with E-state index in [0.717, 1.165) is 16.7 Å². The fraction of sp³-hybridized carbons (Fsp3) is 0.250. The quantitative estimate of drug-likeness (QED) is 0.529. The molecule has 0 saturated carbocycles. The number of esters is 1. The highest BCUT2D eigenvalue weighted by Gasteiger charge is 2.11. The average molecular weight is 190 g/mol. The smallest absolute Gasteiger partial charge is 0.337 e. The second kappa shape index (κ2) is 4.09. The van der Waals surface area contributed by atoms with Crippen LogP contribution in [-0.2, 0) is 9.53 Å². The summed E-state index contributed by atoms with van der Waals surface area (Å²) < 4.78 is 4.62. The Hall–Kier alpha value is -1.57. The minimum atomic E-state index is -0.376. The molecule has 0 N–H and O–H groups in total. The molecule has 0 aromatic heterocycles. The highest BCUT2D eigenvalue weighted by atomic mass is 16.5. The summed E-state index contributed by atoms with van der Waals surface area (Å²) in [7, 11) is 1.36. The SMILES string of the molecule is C=C(C(=O)OC)c1cc(C)ccc1C. The van der Waals surface area contributed by atoms with Gasteiger partial charge in [0.05, 0.1) is 12.7 Å². The molecule has 0 saturated heterocycles. The Bertz CT molecular complexity index is 378. The molecule has 1 aromatic carbocycles. The van der Waals surface area contributed by atoms with Gasteiger partial charge in [0.25, 0.3) is 0 Å². The van der Waals surface area contributed by atoms with E-state index in [2.05, 4.69) is 11.3 Å². The second-order valence-electron chi connectivity index (χ2n) is 3.29. The summed E-state index contributed by atoms with van der Waals surface area (Å²) in [6, 6.07) is 5.91. The van der Waals surface area contributed by atoms with E-state index in [4.69, 9.17) is 0 Å². The zero-order chi connectivity index (χ0) is 10.7. The first-order valence-electron chi connectivity index (χ1n) is 4.41. The zero-order valence-electron chi connectivity index (χ0n) is 8.76. The summed E-state index contributed by atoms with van der Waals surface area (Å²) in [6.45, 7) is 7.65. The van der Waals surface area contributed by atoms with Crippen molar-refractivity contribution in [3.05, 3.63) is 41.5 Å². The molecule has 0 heterocycles. The first-order chi connectivity index (χ1) is 6.56. The van der Waals surface area contributed by atoms with Crippen LogP contribution in [0.1, 0.15) is 16.7 Å². The molecule has 0 radical (unpaired) electrons. The van der Waals surface area contributed by atoms with Crippen LogP contribution < -0.4 is 0 Å². The number of carbonyl (C=O) groups excluding carboxylic acids is 1. The Kier molecular flexibility index (Phi) is 3.07. The van der Waals surface area contributed by atoms with Crippen LogP contribution >= 0.6 is 0 Å². The van der Waals surface area contributed by atoms with Crippen LogP contribution in [0.2, 0.25) is 0 Å². The van der Waals surface area contributed by atoms with Crippen molar-refractivity contribution in [2.45, 2.75) is 13.8 Å². The Morgan fingerprint density at radius 2 is 2.00 bits per heavy atom. The van der Waals surface area contributed by atoms with Gasteiger partial charge in [0, 0.05) is 0 Å². The fourth-order valence-corrected chi connectivity index (χ4v) is 1.29. The number of hydrogen-bond donors (Lipinski definition) is 0. The van der Waals surface area contributed by atoms with Crippen molar-refractivity contribution in [2.75, 3.05) is 7.11 Å². The third-order valence-corrected chi connectivity index (χ3v) is 2.15. The summed E-state index contributed by atoms with van der Waals surface area (Å²) in [4.78, 5) is 11.3. The molecule has 0 aliphatic heterocycles. The van der Waals surface area contributed by atoms with Gasteiger partial charge < -0.3 is 4.74 Å². The van der Waals surface area contributed by atoms with Crippen LogP contribution in [0.25, 0.3) is 5.57 Å². The Morgan fingerprint density at radius 3 is 2.57 bits per heavy atom. The predicted octanol–water partition coefficient (Wildman–Crippen LogP) is 2.49. The van der Waals surface area contributed by atoms with Crippen LogP contribution in [0.3, 0.4) is 0 Å². The van der Waals surface area contributed by atoms with Crippen molar-refractivity contribution in [1.82, 2.24) is 0 Å². The second-order valence-corrected chi connectivity index (χ2v) is 3.29. The molecule has 0 unspecified atom stereocenters. The summed E-state index contributed by atoms with van der Waals surface area (Å²) in [5.74, 6) is -0.376. The highest BCUT2D eigenvalue weighted by molar-refractivity contribution is 6.16. The van der Waals surface area contributed by atoms with E-state index in [1.165, 1.54) is 7.11 Å². The number of carbonyl (C=O) groups is 1. The third-order valence-electron chi connectivity index (χ3n) is 2.15. The molecule has 74 valence electrons. The van der Waals surface area contributed by atoms with Gasteiger partial charge in [-0.25, -0.2) is 4.79 Å². The first kappa shape index (κ1) is 10.5. The molecular weight excluding hydrogens is 176 g/mol. The topological polar surface area (TPSA) is 26.3 Å². The van der Waals surface area contributed by atoms with Gasteiger partial charge in [-0.2, -0.15) is 0 Å². The van der Waals surface area contributed by atoms with Gasteiger partial charge in [-0.15, -0.1) is 0 Å². The van der Waals surface area contributed by atoms with E-state index in [-0.39, 0.29) is 5.97 Å². The maximum absolute atomic E-state index is 11.3. The molecule has 0 spiro atoms. The highest BCUT2D eigenvalue weighted by Crippen LogP contribution is 2.19. The first-order valence-corrected chi connectivity index (χ1v) is 4.41. The Labute approximate surface area is 84.2 Å². The van der Waals surface area contributed by atoms with E-state index in [0.29, 0.717) is 5.57 Å². The number of rotatable bonds is 2. The van der Waals surface area contributed by atoms with Gasteiger partial charge in [-0.05, 0) is 25.0 Å². The van der Waals surface area contributed by atoms with Gasteiger partial charge in [-0.1, -0.05) is 30.3 Å². The lowest BCUT2D eigenvalue weighted by Crippen LogP contribution is -2.04. The zero-order valence-corrected chi connectivity index (χ0v) is 8.76. The number of benzene rings is 1. The molecule has 0 atom stereocenters. The van der Waals surface area contributed by atoms with Crippen LogP contribution in [0.4, 0.5) is 0 Å². The van der Waals surface area contributed by atoms with E-state index < -0.39 is 0 Å². The summed E-state index contributed by atoms with van der Waals surface area (Å²) >= 11 is 0. The molecule has 0 aliphatic carbocycles. The summed E-state index contributed by atoms with van der Waals surface area (Å²) in [5.41, 5.74) is 3.41. The molecule has 0 aliphatic rings. The van der Waals surface area contributed by atoms with Crippen molar-refractivity contribution >= 4 is 11.5 Å². The summed E-state index contributed by atoms with van der Waals surface area (Å²) in [5, 5.41) is 0. The molecule has 2 heteroatoms. The van der Waals surface area contributed by atoms with Crippen LogP contribution in [0.5, 0.6) is 0 Å². The van der Waals surface area contributed by atoms with E-state index in [1.807, 2.05) is 32.0 Å². The van der Waals surface area contributed by atoms with Gasteiger partial charge in [-0.3, -0.25) is 0 Å². The molecule has 14 heavy (non-hydrogen) atoms. The molecule has 2 nitrogen and oxygen atoms in total. The minimum absolute atomic E-state index is 0.376. The number of ether oxygens (including phenoxy) is 1. The van der Waals surface area contributed by atoms with Crippen molar-refractivity contribution in [3.8, 4) is 0 Å². The average Bonchev–Trinajstić information content (AvgIpc) is 2.19. The maximum atomic E-state index is 11.3. The van der Waals surface area contributed by atoms with Gasteiger partial charge >= 0.3 is 5.97 Å². The van der Waals surface area contributed by atoms with Crippen molar-refractivity contribution in [3.63, 3.8) is 0 Å². The van der Waals surface area contributed by atoms with Gasteiger partial charge in [0.1, 0.15) is 0 Å². The lowest BCUT2D eigenvalue weighted by Gasteiger charge is -2.08. The predicted molar refractivity (Wildman–Crippen MR) is 57.0 cm³/mol. The van der Waals surface area contributed by atoms with Crippen LogP contribution in [-0.4, -0.2) is 13.1 Å². The van der Waals surface area contributed by atoms with Gasteiger partial charge in [0.15, 0.2) is 0 Å². The van der Waals surface area contributed by atoms with E-state index >= 15 is 0 Å². The number of hydrogen-bond acceptors (Lipinski definition) is 2. The summed E-state index contributed by atoms with van der Waals surface area (Å²) in [6.07, 6.45) is 0. The van der Waals surface area contributed by atoms with Crippen molar-refractivity contribution in [1.29, 1.82) is 0 Å². The lowest BCUT2D eigenvalue weighted by molar-refractivity contribution is -0.133. The normalized spacial score (nSPS) is 9.64. The van der Waals surface area contributed by atoms with Crippen molar-refractivity contribution in [2.24, 2.45) is 0 Å². The van der Waals surface area contributed by atoms with E-state index in [1.54, 1.807) is 0 Å². The fourth-order valence-electron chi connectivity index (χ4n) is 1.29. The molecule has 0 fully saturated rings. The standard InChI is InChI=1S/C12H14O2/c1-8-5-6-9(2)11(7-8)10(3)12(13)14-4/h5-7H,3H2,1-2,4H3. The van der Waals surface area contributed by atoms with Crippen LogP contribution in [0.15, 0.2) is 24.8 Å². The molecular formula is C12H14O2. The molecule has 1 rings (SSSR count). The van der Waals surface area contributed by atoms with Gasteiger partial charge in [0.2, 0.25) is 0 Å². The molecule has 0 bridgehead atoms. The molecule has 0 amide bonds. The molecule has 1 aromatic rings. The monoisotopic (exact) mass is 190 g/mol. The van der Waals surface area contributed by atoms with E-state index in [9.17, 15) is 4.79 Å². The number of methoxy groups -OCH3 is 1. The number of aryl methyl sites for hydroxylation is 2. The largest absolute Gasteiger partial charge is 0.465 e. The minimum Gasteiger partial charge on any atom is -0.465 e. The van der Waals surface area contributed by atoms with Crippen molar-refractivity contribution < 1.29 is 9.53 Å². The Morgan fingerprint density at radius 1 is 1.36 bits per heavy atom. The lowest BCUT2D eigenvalue weighted by atomic mass is 10.00. The third kappa shape index (κ3) is 2.02. The maximum Gasteiger partial charge on any atom is 0.337 e.